The van der Waals surface area contributed by atoms with E-state index in [4.69, 9.17) is 16.0 Å². The molecule has 0 radical (unpaired) electrons. The zero-order valence-corrected chi connectivity index (χ0v) is 13.0. The van der Waals surface area contributed by atoms with Crippen molar-refractivity contribution in [1.82, 2.24) is 10.6 Å². The summed E-state index contributed by atoms with van der Waals surface area (Å²) >= 11 is 6.00. The van der Waals surface area contributed by atoms with Crippen molar-refractivity contribution >= 4 is 28.5 Å². The van der Waals surface area contributed by atoms with Gasteiger partial charge in [0, 0.05) is 28.6 Å². The highest BCUT2D eigenvalue weighted by Gasteiger charge is 2.25. The molecule has 2 N–H and O–H groups in total. The number of nitrogens with one attached hydrogen (secondary N) is 2. The van der Waals surface area contributed by atoms with Gasteiger partial charge in [-0.15, -0.1) is 0 Å². The molecule has 0 spiro atoms. The van der Waals surface area contributed by atoms with Crippen molar-refractivity contribution < 1.29 is 9.21 Å². The first-order valence-corrected chi connectivity index (χ1v) is 7.64. The maximum atomic E-state index is 12.5. The lowest BCUT2D eigenvalue weighted by molar-refractivity contribution is 0.0888. The van der Waals surface area contributed by atoms with Crippen LogP contribution in [0.1, 0.15) is 29.5 Å². The smallest absolute Gasteiger partial charge is 0.287 e. The summed E-state index contributed by atoms with van der Waals surface area (Å²) in [4.78, 5) is 12.5. The van der Waals surface area contributed by atoms with Crippen LogP contribution in [0.4, 0.5) is 0 Å². The van der Waals surface area contributed by atoms with Crippen LogP contribution >= 0.6 is 11.6 Å². The van der Waals surface area contributed by atoms with Crippen molar-refractivity contribution in [2.24, 2.45) is 5.92 Å². The predicted octanol–water partition coefficient (Wildman–Crippen LogP) is 3.12. The summed E-state index contributed by atoms with van der Waals surface area (Å²) in [7, 11) is 0. The predicted molar refractivity (Wildman–Crippen MR) is 83.9 cm³/mol. The molecule has 1 aliphatic heterocycles. The third-order valence-corrected chi connectivity index (χ3v) is 4.48. The van der Waals surface area contributed by atoms with Crippen molar-refractivity contribution in [1.29, 1.82) is 0 Å². The standard InChI is InChI=1S/C16H19ClN2O2/c1-9-5-6-18-8-13(9)19-16(20)15-10(2)12-7-11(17)3-4-14(12)21-15/h3-4,7,9,13,18H,5-6,8H2,1-2H3,(H,19,20). The van der Waals surface area contributed by atoms with E-state index in [1.54, 1.807) is 12.1 Å². The molecule has 21 heavy (non-hydrogen) atoms. The number of benzene rings is 1. The van der Waals surface area contributed by atoms with Gasteiger partial charge in [0.15, 0.2) is 5.76 Å². The van der Waals surface area contributed by atoms with Crippen molar-refractivity contribution in [2.75, 3.05) is 13.1 Å². The van der Waals surface area contributed by atoms with E-state index in [1.165, 1.54) is 0 Å². The molecule has 0 saturated carbocycles. The van der Waals surface area contributed by atoms with E-state index >= 15 is 0 Å². The Morgan fingerprint density at radius 3 is 3.05 bits per heavy atom. The Bertz CT molecular complexity index is 680. The van der Waals surface area contributed by atoms with Gasteiger partial charge in [0.05, 0.1) is 0 Å². The maximum absolute atomic E-state index is 12.5. The van der Waals surface area contributed by atoms with Gasteiger partial charge in [-0.25, -0.2) is 0 Å². The molecule has 2 heterocycles. The number of furan rings is 1. The quantitative estimate of drug-likeness (QED) is 0.896. The van der Waals surface area contributed by atoms with E-state index in [0.29, 0.717) is 22.3 Å². The van der Waals surface area contributed by atoms with Gasteiger partial charge >= 0.3 is 0 Å². The molecule has 1 saturated heterocycles. The second-order valence-corrected chi connectivity index (χ2v) is 6.18. The Balaban J connectivity index is 1.86. The number of rotatable bonds is 2. The minimum atomic E-state index is -0.152. The summed E-state index contributed by atoms with van der Waals surface area (Å²) in [6.45, 7) is 5.87. The van der Waals surface area contributed by atoms with E-state index in [9.17, 15) is 4.79 Å². The van der Waals surface area contributed by atoms with Crippen LogP contribution in [0.3, 0.4) is 0 Å². The van der Waals surface area contributed by atoms with Crippen LogP contribution in [0, 0.1) is 12.8 Å². The van der Waals surface area contributed by atoms with Crippen LogP contribution in [-0.2, 0) is 0 Å². The Morgan fingerprint density at radius 1 is 1.48 bits per heavy atom. The number of carbonyl (C=O) groups is 1. The third kappa shape index (κ3) is 2.78. The van der Waals surface area contributed by atoms with E-state index < -0.39 is 0 Å². The maximum Gasteiger partial charge on any atom is 0.287 e. The first-order chi connectivity index (χ1) is 10.1. The lowest BCUT2D eigenvalue weighted by Gasteiger charge is -2.29. The average Bonchev–Trinajstić information content (AvgIpc) is 2.79. The lowest BCUT2D eigenvalue weighted by atomic mass is 9.94. The van der Waals surface area contributed by atoms with Crippen molar-refractivity contribution in [3.8, 4) is 0 Å². The summed E-state index contributed by atoms with van der Waals surface area (Å²) in [5.74, 6) is 0.694. The topological polar surface area (TPSA) is 54.3 Å². The largest absolute Gasteiger partial charge is 0.451 e. The number of piperidine rings is 1. The molecule has 4 nitrogen and oxygen atoms in total. The SMILES string of the molecule is Cc1c(C(=O)NC2CNCCC2C)oc2ccc(Cl)cc12. The molecule has 2 unspecified atom stereocenters. The van der Waals surface area contributed by atoms with Crippen LogP contribution in [0.25, 0.3) is 11.0 Å². The highest BCUT2D eigenvalue weighted by Crippen LogP contribution is 2.28. The van der Waals surface area contributed by atoms with Gasteiger partial charge in [-0.2, -0.15) is 0 Å². The summed E-state index contributed by atoms with van der Waals surface area (Å²) in [6, 6.07) is 5.54. The molecule has 3 rings (SSSR count). The van der Waals surface area contributed by atoms with Crippen LogP contribution in [0.2, 0.25) is 5.02 Å². The van der Waals surface area contributed by atoms with Crippen molar-refractivity contribution in [2.45, 2.75) is 26.3 Å². The number of hydrogen-bond acceptors (Lipinski definition) is 3. The van der Waals surface area contributed by atoms with Crippen LogP contribution in [-0.4, -0.2) is 25.0 Å². The van der Waals surface area contributed by atoms with E-state index in [-0.39, 0.29) is 11.9 Å². The second kappa shape index (κ2) is 5.70. The molecule has 1 amide bonds. The minimum Gasteiger partial charge on any atom is -0.451 e. The van der Waals surface area contributed by atoms with Gasteiger partial charge in [0.25, 0.3) is 5.91 Å². The Labute approximate surface area is 128 Å². The van der Waals surface area contributed by atoms with Gasteiger partial charge in [0.1, 0.15) is 5.58 Å². The molecule has 1 aliphatic rings. The van der Waals surface area contributed by atoms with Gasteiger partial charge in [-0.1, -0.05) is 18.5 Å². The fraction of sp³-hybridized carbons (Fsp3) is 0.438. The van der Waals surface area contributed by atoms with Crippen LogP contribution in [0.5, 0.6) is 0 Å². The zero-order chi connectivity index (χ0) is 15.0. The monoisotopic (exact) mass is 306 g/mol. The number of halogens is 1. The molecule has 5 heteroatoms. The van der Waals surface area contributed by atoms with E-state index in [0.717, 1.165) is 30.5 Å². The normalized spacial score (nSPS) is 22.4. The molecular formula is C16H19ClN2O2. The Morgan fingerprint density at radius 2 is 2.29 bits per heavy atom. The number of fused-ring (bicyclic) bond motifs is 1. The summed E-state index contributed by atoms with van der Waals surface area (Å²) < 4.78 is 5.70. The second-order valence-electron chi connectivity index (χ2n) is 5.75. The van der Waals surface area contributed by atoms with E-state index in [1.807, 2.05) is 13.0 Å². The molecule has 0 aliphatic carbocycles. The van der Waals surface area contributed by atoms with Crippen molar-refractivity contribution in [3.63, 3.8) is 0 Å². The highest BCUT2D eigenvalue weighted by molar-refractivity contribution is 6.31. The third-order valence-electron chi connectivity index (χ3n) is 4.25. The Hall–Kier alpha value is -1.52. The molecular weight excluding hydrogens is 288 g/mol. The Kier molecular flexibility index (Phi) is 3.91. The fourth-order valence-corrected chi connectivity index (χ4v) is 3.00. The van der Waals surface area contributed by atoms with Crippen LogP contribution < -0.4 is 10.6 Å². The summed E-state index contributed by atoms with van der Waals surface area (Å²) in [5, 5.41) is 7.91. The summed E-state index contributed by atoms with van der Waals surface area (Å²) in [6.07, 6.45) is 1.07. The van der Waals surface area contributed by atoms with Gasteiger partial charge in [-0.3, -0.25) is 4.79 Å². The molecule has 2 aromatic rings. The number of amides is 1. The zero-order valence-electron chi connectivity index (χ0n) is 12.2. The number of aryl methyl sites for hydroxylation is 1. The molecule has 1 aromatic carbocycles. The number of carbonyl (C=O) groups excluding carboxylic acids is 1. The van der Waals surface area contributed by atoms with Gasteiger partial charge in [-0.05, 0) is 44.0 Å². The summed E-state index contributed by atoms with van der Waals surface area (Å²) in [5.41, 5.74) is 1.53. The molecule has 1 fully saturated rings. The first kappa shape index (κ1) is 14.4. The average molecular weight is 307 g/mol. The van der Waals surface area contributed by atoms with Gasteiger partial charge in [0.2, 0.25) is 0 Å². The van der Waals surface area contributed by atoms with E-state index in [2.05, 4.69) is 17.6 Å². The number of hydrogen-bond donors (Lipinski definition) is 2. The molecule has 112 valence electrons. The highest BCUT2D eigenvalue weighted by atomic mass is 35.5. The lowest BCUT2D eigenvalue weighted by Crippen LogP contribution is -2.50. The van der Waals surface area contributed by atoms with Crippen LogP contribution in [0.15, 0.2) is 22.6 Å². The first-order valence-electron chi connectivity index (χ1n) is 7.26. The van der Waals surface area contributed by atoms with Crippen molar-refractivity contribution in [3.05, 3.63) is 34.5 Å². The molecule has 2 atom stereocenters. The minimum absolute atomic E-state index is 0.141. The fourth-order valence-electron chi connectivity index (χ4n) is 2.83. The molecule has 0 bridgehead atoms. The van der Waals surface area contributed by atoms with Gasteiger partial charge < -0.3 is 15.1 Å². The molecule has 1 aromatic heterocycles.